The fourth-order valence-electron chi connectivity index (χ4n) is 3.21. The molecule has 30 heavy (non-hydrogen) atoms. The Kier molecular flexibility index (Phi) is 24.7. The van der Waals surface area contributed by atoms with Gasteiger partial charge in [-0.3, -0.25) is 0 Å². The smallest absolute Gasteiger partial charge is 0.550 e. The Balaban J connectivity index is 0. The van der Waals surface area contributed by atoms with Gasteiger partial charge < -0.3 is 19.8 Å². The maximum absolute atomic E-state index is 10.2. The molecule has 0 unspecified atom stereocenters. The molecule has 166 valence electrons. The van der Waals surface area contributed by atoms with Crippen LogP contribution in [0.3, 0.4) is 0 Å². The Morgan fingerprint density at radius 3 is 1.30 bits per heavy atom. The summed E-state index contributed by atoms with van der Waals surface area (Å²) < 4.78 is 0. The molecule has 0 saturated carbocycles. The van der Waals surface area contributed by atoms with Crippen molar-refractivity contribution in [3.63, 3.8) is 0 Å². The molecule has 0 radical (unpaired) electrons. The molecule has 0 heterocycles. The zero-order valence-corrected chi connectivity index (χ0v) is 20.1. The number of carboxylic acid groups (broad SMARTS) is 2. The van der Waals surface area contributed by atoms with Crippen LogP contribution in [0, 0.1) is 0 Å². The molecular formula is C25H40AlO4+. The molecule has 0 atom stereocenters. The number of hydrogen-bond donors (Lipinski definition) is 0. The van der Waals surface area contributed by atoms with Gasteiger partial charge in [0.15, 0.2) is 0 Å². The molecule has 0 bridgehead atoms. The van der Waals surface area contributed by atoms with Crippen molar-refractivity contribution in [3.8, 4) is 0 Å². The first kappa shape index (κ1) is 30.9. The topological polar surface area (TPSA) is 80.3 Å². The second-order valence-electron chi connectivity index (χ2n) is 7.73. The second-order valence-corrected chi connectivity index (χ2v) is 7.73. The molecule has 0 amide bonds. The van der Waals surface area contributed by atoms with E-state index in [-0.39, 0.29) is 29.3 Å². The molecule has 0 aliphatic heterocycles. The van der Waals surface area contributed by atoms with Gasteiger partial charge in [0.05, 0.1) is 5.97 Å². The minimum atomic E-state index is -1.13. The van der Waals surface area contributed by atoms with E-state index in [4.69, 9.17) is 0 Å². The number of unbranched alkanes of at least 4 members (excludes halogenated alkanes) is 14. The van der Waals surface area contributed by atoms with E-state index in [0.29, 0.717) is 0 Å². The van der Waals surface area contributed by atoms with E-state index < -0.39 is 11.9 Å². The van der Waals surface area contributed by atoms with Gasteiger partial charge in [-0.15, -0.1) is 0 Å². The van der Waals surface area contributed by atoms with Crippen molar-refractivity contribution >= 4 is 29.3 Å². The maximum atomic E-state index is 10.2. The normalized spacial score (nSPS) is 9.90. The Hall–Kier alpha value is -1.31. The molecule has 1 aromatic carbocycles. The molecule has 0 fully saturated rings. The van der Waals surface area contributed by atoms with E-state index in [1.54, 1.807) is 18.2 Å². The Morgan fingerprint density at radius 2 is 1.00 bits per heavy atom. The minimum Gasteiger partial charge on any atom is -0.550 e. The average molecular weight is 432 g/mol. The number of carbonyl (C=O) groups is 2. The molecule has 0 N–H and O–H groups in total. The van der Waals surface area contributed by atoms with Crippen molar-refractivity contribution in [1.29, 1.82) is 0 Å². The average Bonchev–Trinajstić information content (AvgIpc) is 2.72. The van der Waals surface area contributed by atoms with Gasteiger partial charge in [0.2, 0.25) is 0 Å². The standard InChI is InChI=1S/C18H36O2.C7H6O2.Al/c1-2-3-4-5-6-7-8-9-10-11-12-13-14-15-16-17-18(19)20;8-7(9)6-4-2-1-3-5-6;/h2-17H2,1H3,(H,19,20);1-5H,(H,8,9);/q;;+3/p-2. The quantitative estimate of drug-likeness (QED) is 0.265. The van der Waals surface area contributed by atoms with Gasteiger partial charge in [0.1, 0.15) is 0 Å². The molecule has 0 aliphatic rings. The zero-order chi connectivity index (χ0) is 21.6. The van der Waals surface area contributed by atoms with E-state index in [2.05, 4.69) is 6.92 Å². The number of rotatable bonds is 17. The summed E-state index contributed by atoms with van der Waals surface area (Å²) in [6.07, 6.45) is 19.9. The van der Waals surface area contributed by atoms with Crippen LogP contribution in [-0.4, -0.2) is 29.3 Å². The van der Waals surface area contributed by atoms with Gasteiger partial charge in [-0.05, 0) is 18.4 Å². The molecule has 4 nitrogen and oxygen atoms in total. The van der Waals surface area contributed by atoms with Crippen molar-refractivity contribution in [2.24, 2.45) is 0 Å². The summed E-state index contributed by atoms with van der Waals surface area (Å²) >= 11 is 0. The summed E-state index contributed by atoms with van der Waals surface area (Å²) in [5.74, 6) is -2.03. The molecular weight excluding hydrogens is 391 g/mol. The molecule has 0 spiro atoms. The van der Waals surface area contributed by atoms with Crippen molar-refractivity contribution in [2.45, 2.75) is 110 Å². The van der Waals surface area contributed by atoms with Crippen LogP contribution >= 0.6 is 0 Å². The number of hydrogen-bond acceptors (Lipinski definition) is 4. The second kappa shape index (κ2) is 24.0. The van der Waals surface area contributed by atoms with E-state index in [0.717, 1.165) is 12.8 Å². The van der Waals surface area contributed by atoms with Gasteiger partial charge >= 0.3 is 17.4 Å². The summed E-state index contributed by atoms with van der Waals surface area (Å²) in [6, 6.07) is 8.06. The van der Waals surface area contributed by atoms with Crippen LogP contribution in [0.1, 0.15) is 120 Å². The summed E-state index contributed by atoms with van der Waals surface area (Å²) in [5, 5.41) is 20.3. The molecule has 5 heteroatoms. The molecule has 0 aliphatic carbocycles. The predicted octanol–water partition coefficient (Wildman–Crippen LogP) is 4.67. The first-order valence-corrected chi connectivity index (χ1v) is 11.5. The fourth-order valence-corrected chi connectivity index (χ4v) is 3.21. The number of aromatic carboxylic acids is 1. The first-order valence-electron chi connectivity index (χ1n) is 11.5. The number of carboxylic acids is 2. The number of benzene rings is 1. The van der Waals surface area contributed by atoms with Crippen LogP contribution in [0.15, 0.2) is 30.3 Å². The van der Waals surface area contributed by atoms with Crippen molar-refractivity contribution in [3.05, 3.63) is 35.9 Å². The first-order chi connectivity index (χ1) is 14.1. The van der Waals surface area contributed by atoms with Gasteiger partial charge in [0.25, 0.3) is 0 Å². The third kappa shape index (κ3) is 23.0. The third-order valence-electron chi connectivity index (χ3n) is 4.99. The van der Waals surface area contributed by atoms with Gasteiger partial charge in [-0.1, -0.05) is 127 Å². The van der Waals surface area contributed by atoms with Crippen LogP contribution in [0.2, 0.25) is 0 Å². The predicted molar refractivity (Wildman–Crippen MR) is 121 cm³/mol. The van der Waals surface area contributed by atoms with Crippen LogP contribution in [0.25, 0.3) is 0 Å². The number of carbonyl (C=O) groups excluding carboxylic acids is 2. The van der Waals surface area contributed by atoms with Crippen LogP contribution in [0.4, 0.5) is 0 Å². The van der Waals surface area contributed by atoms with E-state index in [9.17, 15) is 19.8 Å². The fraction of sp³-hybridized carbons (Fsp3) is 0.680. The Bertz CT molecular complexity index is 505. The van der Waals surface area contributed by atoms with E-state index in [1.165, 1.54) is 95.6 Å². The zero-order valence-electron chi connectivity index (χ0n) is 18.9. The van der Waals surface area contributed by atoms with Crippen molar-refractivity contribution < 1.29 is 19.8 Å². The minimum absolute atomic E-state index is 0. The van der Waals surface area contributed by atoms with Gasteiger partial charge in [-0.25, -0.2) is 0 Å². The summed E-state index contributed by atoms with van der Waals surface area (Å²) in [6.45, 7) is 2.27. The summed E-state index contributed by atoms with van der Waals surface area (Å²) in [7, 11) is 0. The van der Waals surface area contributed by atoms with Crippen molar-refractivity contribution in [1.82, 2.24) is 0 Å². The largest absolute Gasteiger partial charge is 3.00 e. The maximum Gasteiger partial charge on any atom is 3.00 e. The molecule has 1 aromatic rings. The van der Waals surface area contributed by atoms with Gasteiger partial charge in [0, 0.05) is 5.97 Å². The summed E-state index contributed by atoms with van der Waals surface area (Å²) in [4.78, 5) is 20.3. The molecule has 1 rings (SSSR count). The Morgan fingerprint density at radius 1 is 0.633 bits per heavy atom. The van der Waals surface area contributed by atoms with E-state index in [1.807, 2.05) is 0 Å². The molecule has 0 aromatic heterocycles. The third-order valence-corrected chi connectivity index (χ3v) is 4.99. The van der Waals surface area contributed by atoms with Gasteiger partial charge in [-0.2, -0.15) is 0 Å². The Labute approximate surface area is 194 Å². The van der Waals surface area contributed by atoms with Crippen LogP contribution in [0.5, 0.6) is 0 Å². The van der Waals surface area contributed by atoms with Crippen molar-refractivity contribution in [2.75, 3.05) is 0 Å². The molecule has 0 saturated heterocycles. The van der Waals surface area contributed by atoms with E-state index >= 15 is 0 Å². The number of aliphatic carboxylic acids is 1. The van der Waals surface area contributed by atoms with Crippen LogP contribution < -0.4 is 10.2 Å². The SMILES string of the molecule is CCCCCCCCCCCCCCCCCC(=O)[O-].O=C([O-])c1ccccc1.[Al+3]. The summed E-state index contributed by atoms with van der Waals surface area (Å²) in [5.41, 5.74) is 0.220. The monoisotopic (exact) mass is 431 g/mol. The van der Waals surface area contributed by atoms with Crippen LogP contribution in [-0.2, 0) is 4.79 Å².